The highest BCUT2D eigenvalue weighted by atomic mass is 35.5. The lowest BCUT2D eigenvalue weighted by molar-refractivity contribution is 0.0696. The molecule has 108 valence electrons. The third kappa shape index (κ3) is 4.34. The number of piperidine rings is 1. The van der Waals surface area contributed by atoms with Crippen LogP contribution in [-0.2, 0) is 0 Å². The van der Waals surface area contributed by atoms with Gasteiger partial charge in [0.15, 0.2) is 0 Å². The Labute approximate surface area is 126 Å². The molecule has 1 amide bonds. The molecule has 0 unspecified atom stereocenters. The van der Waals surface area contributed by atoms with Crippen LogP contribution in [0, 0.1) is 6.92 Å². The van der Waals surface area contributed by atoms with Crippen molar-refractivity contribution in [2.24, 2.45) is 0 Å². The molecule has 6 heteroatoms. The van der Waals surface area contributed by atoms with Gasteiger partial charge >= 0.3 is 0 Å². The summed E-state index contributed by atoms with van der Waals surface area (Å²) in [5.74, 6) is 0.0370. The molecule has 0 aliphatic carbocycles. The standard InChI is InChI=1S/C13H19N3O.2ClH/c1-10-4-3-7-15-12(10)13(17)16(2)11-5-8-14-9-6-11;;/h3-4,7,11,14H,5-6,8-9H2,1-2H3;2*1H. The molecule has 1 aromatic heterocycles. The van der Waals surface area contributed by atoms with Crippen LogP contribution in [0.25, 0.3) is 0 Å². The fourth-order valence-electron chi connectivity index (χ4n) is 2.24. The first-order valence-electron chi connectivity index (χ1n) is 6.09. The van der Waals surface area contributed by atoms with Crippen molar-refractivity contribution in [3.05, 3.63) is 29.6 Å². The number of carbonyl (C=O) groups excluding carboxylic acids is 1. The monoisotopic (exact) mass is 305 g/mol. The molecule has 1 N–H and O–H groups in total. The van der Waals surface area contributed by atoms with E-state index in [1.807, 2.05) is 31.0 Å². The van der Waals surface area contributed by atoms with Crippen LogP contribution in [0.1, 0.15) is 28.9 Å². The van der Waals surface area contributed by atoms with Crippen LogP contribution in [0.3, 0.4) is 0 Å². The zero-order valence-corrected chi connectivity index (χ0v) is 12.9. The number of carbonyl (C=O) groups is 1. The first kappa shape index (κ1) is 18.2. The average molecular weight is 306 g/mol. The number of hydrogen-bond donors (Lipinski definition) is 1. The Morgan fingerprint density at radius 2 is 2.00 bits per heavy atom. The summed E-state index contributed by atoms with van der Waals surface area (Å²) in [4.78, 5) is 18.3. The molecule has 0 atom stereocenters. The minimum atomic E-state index is 0. The van der Waals surface area contributed by atoms with Gasteiger partial charge in [-0.1, -0.05) is 6.07 Å². The summed E-state index contributed by atoms with van der Waals surface area (Å²) >= 11 is 0. The molecule has 1 aliphatic rings. The molecule has 4 nitrogen and oxygen atoms in total. The van der Waals surface area contributed by atoms with Gasteiger partial charge in [-0.25, -0.2) is 0 Å². The Bertz CT molecular complexity index is 409. The van der Waals surface area contributed by atoms with Gasteiger partial charge in [-0.2, -0.15) is 0 Å². The second-order valence-electron chi connectivity index (χ2n) is 4.57. The van der Waals surface area contributed by atoms with Gasteiger partial charge in [0.2, 0.25) is 0 Å². The minimum Gasteiger partial charge on any atom is -0.337 e. The number of nitrogens with zero attached hydrogens (tertiary/aromatic N) is 2. The molecular formula is C13H21Cl2N3O. The van der Waals surface area contributed by atoms with Crippen LogP contribution in [0.2, 0.25) is 0 Å². The summed E-state index contributed by atoms with van der Waals surface area (Å²) in [6, 6.07) is 4.12. The van der Waals surface area contributed by atoms with Gasteiger partial charge < -0.3 is 10.2 Å². The zero-order valence-electron chi connectivity index (χ0n) is 11.3. The molecule has 0 bridgehead atoms. The van der Waals surface area contributed by atoms with Crippen LogP contribution in [0.5, 0.6) is 0 Å². The molecule has 0 radical (unpaired) electrons. The molecule has 0 saturated carbocycles. The first-order chi connectivity index (χ1) is 8.20. The summed E-state index contributed by atoms with van der Waals surface area (Å²) in [6.07, 6.45) is 3.72. The smallest absolute Gasteiger partial charge is 0.272 e. The number of pyridine rings is 1. The van der Waals surface area contributed by atoms with E-state index in [2.05, 4.69) is 10.3 Å². The van der Waals surface area contributed by atoms with Crippen molar-refractivity contribution in [1.82, 2.24) is 15.2 Å². The van der Waals surface area contributed by atoms with E-state index in [1.54, 1.807) is 6.20 Å². The molecule has 19 heavy (non-hydrogen) atoms. The number of amides is 1. The van der Waals surface area contributed by atoms with E-state index in [0.29, 0.717) is 11.7 Å². The fourth-order valence-corrected chi connectivity index (χ4v) is 2.24. The maximum absolute atomic E-state index is 12.3. The lowest BCUT2D eigenvalue weighted by Gasteiger charge is -2.31. The van der Waals surface area contributed by atoms with Crippen molar-refractivity contribution >= 4 is 30.7 Å². The van der Waals surface area contributed by atoms with Crippen molar-refractivity contribution in [2.75, 3.05) is 20.1 Å². The van der Waals surface area contributed by atoms with E-state index in [0.717, 1.165) is 31.5 Å². The van der Waals surface area contributed by atoms with Gasteiger partial charge in [-0.15, -0.1) is 24.8 Å². The summed E-state index contributed by atoms with van der Waals surface area (Å²) in [5, 5.41) is 3.31. The molecule has 0 aromatic carbocycles. The molecule has 0 spiro atoms. The highest BCUT2D eigenvalue weighted by molar-refractivity contribution is 5.93. The summed E-state index contributed by atoms with van der Waals surface area (Å²) in [7, 11) is 1.88. The molecule has 2 heterocycles. The molecule has 1 aliphatic heterocycles. The fraction of sp³-hybridized carbons (Fsp3) is 0.538. The second-order valence-corrected chi connectivity index (χ2v) is 4.57. The van der Waals surface area contributed by atoms with E-state index < -0.39 is 0 Å². The quantitative estimate of drug-likeness (QED) is 0.909. The van der Waals surface area contributed by atoms with Crippen LogP contribution >= 0.6 is 24.8 Å². The summed E-state index contributed by atoms with van der Waals surface area (Å²) in [6.45, 7) is 3.91. The van der Waals surface area contributed by atoms with Crippen LogP contribution in [0.15, 0.2) is 18.3 Å². The largest absolute Gasteiger partial charge is 0.337 e. The number of rotatable bonds is 2. The second kappa shape index (κ2) is 8.35. The molecule has 2 rings (SSSR count). The SMILES string of the molecule is Cc1cccnc1C(=O)N(C)C1CCNCC1.Cl.Cl. The number of nitrogens with one attached hydrogen (secondary N) is 1. The maximum atomic E-state index is 12.3. The average Bonchev–Trinajstić information content (AvgIpc) is 2.39. The molecular weight excluding hydrogens is 285 g/mol. The Hall–Kier alpha value is -0.840. The molecule has 1 aromatic rings. The number of hydrogen-bond acceptors (Lipinski definition) is 3. The van der Waals surface area contributed by atoms with Gasteiger partial charge in [0.05, 0.1) is 0 Å². The van der Waals surface area contributed by atoms with Crippen molar-refractivity contribution < 1.29 is 4.79 Å². The molecule has 1 saturated heterocycles. The molecule has 1 fully saturated rings. The van der Waals surface area contributed by atoms with Crippen molar-refractivity contribution in [2.45, 2.75) is 25.8 Å². The van der Waals surface area contributed by atoms with Gasteiger partial charge in [-0.3, -0.25) is 9.78 Å². The van der Waals surface area contributed by atoms with Crippen molar-refractivity contribution in [3.63, 3.8) is 0 Å². The van der Waals surface area contributed by atoms with Crippen molar-refractivity contribution in [3.8, 4) is 0 Å². The highest BCUT2D eigenvalue weighted by Gasteiger charge is 2.24. The van der Waals surface area contributed by atoms with E-state index in [-0.39, 0.29) is 30.7 Å². The summed E-state index contributed by atoms with van der Waals surface area (Å²) < 4.78 is 0. The lowest BCUT2D eigenvalue weighted by atomic mass is 10.0. The Kier molecular flexibility index (Phi) is 7.99. The number of aryl methyl sites for hydroxylation is 1. The van der Waals surface area contributed by atoms with Crippen LogP contribution in [-0.4, -0.2) is 42.0 Å². The highest BCUT2D eigenvalue weighted by Crippen LogP contribution is 2.14. The van der Waals surface area contributed by atoms with E-state index in [4.69, 9.17) is 0 Å². The predicted octanol–water partition coefficient (Wildman–Crippen LogP) is 2.06. The van der Waals surface area contributed by atoms with Crippen LogP contribution in [0.4, 0.5) is 0 Å². The summed E-state index contributed by atoms with van der Waals surface area (Å²) in [5.41, 5.74) is 1.52. The predicted molar refractivity (Wildman–Crippen MR) is 81.5 cm³/mol. The van der Waals surface area contributed by atoms with Gasteiger partial charge in [0, 0.05) is 19.3 Å². The lowest BCUT2D eigenvalue weighted by Crippen LogP contribution is -2.44. The topological polar surface area (TPSA) is 45.2 Å². The Morgan fingerprint density at radius 1 is 1.37 bits per heavy atom. The Morgan fingerprint density at radius 3 is 2.58 bits per heavy atom. The zero-order chi connectivity index (χ0) is 12.3. The normalized spacial score (nSPS) is 15.1. The van der Waals surface area contributed by atoms with Crippen molar-refractivity contribution in [1.29, 1.82) is 0 Å². The maximum Gasteiger partial charge on any atom is 0.272 e. The van der Waals surface area contributed by atoms with E-state index >= 15 is 0 Å². The van der Waals surface area contributed by atoms with E-state index in [9.17, 15) is 4.79 Å². The van der Waals surface area contributed by atoms with Crippen LogP contribution < -0.4 is 5.32 Å². The van der Waals surface area contributed by atoms with E-state index in [1.165, 1.54) is 0 Å². The van der Waals surface area contributed by atoms with Gasteiger partial charge in [0.1, 0.15) is 5.69 Å². The van der Waals surface area contributed by atoms with Gasteiger partial charge in [-0.05, 0) is 44.5 Å². The minimum absolute atomic E-state index is 0. The first-order valence-corrected chi connectivity index (χ1v) is 6.09. The van der Waals surface area contributed by atoms with Gasteiger partial charge in [0.25, 0.3) is 5.91 Å². The Balaban J connectivity index is 0.00000162. The number of halogens is 2. The third-order valence-corrected chi connectivity index (χ3v) is 3.39. The number of aromatic nitrogens is 1. The third-order valence-electron chi connectivity index (χ3n) is 3.39.